The molecule has 2 heteroatoms. The summed E-state index contributed by atoms with van der Waals surface area (Å²) in [5.74, 6) is -0.734. The Hall–Kier alpha value is -3.78. The molecule has 4 aromatic rings. The smallest absolute Gasteiger partial charge is 0.167 e. The Morgan fingerprint density at radius 1 is 0.484 bits per heavy atom. The van der Waals surface area contributed by atoms with E-state index < -0.39 is 17.3 Å². The molecule has 0 radical (unpaired) electrons. The van der Waals surface area contributed by atoms with Gasteiger partial charge < -0.3 is 0 Å². The first-order valence-electron chi connectivity index (χ1n) is 10.6. The second-order valence-corrected chi connectivity index (χ2v) is 8.38. The fourth-order valence-corrected chi connectivity index (χ4v) is 5.64. The van der Waals surface area contributed by atoms with E-state index in [2.05, 4.69) is 24.3 Å². The molecular formula is C29H20O2. The summed E-state index contributed by atoms with van der Waals surface area (Å²) >= 11 is 0. The molecule has 148 valence electrons. The lowest BCUT2D eigenvalue weighted by Gasteiger charge is -2.15. The molecule has 0 aromatic heterocycles. The molecule has 6 rings (SSSR count). The monoisotopic (exact) mass is 400 g/mol. The quantitative estimate of drug-likeness (QED) is 0.396. The molecule has 2 nitrogen and oxygen atoms in total. The topological polar surface area (TPSA) is 34.1 Å². The summed E-state index contributed by atoms with van der Waals surface area (Å²) in [7, 11) is 0. The number of hydrogen-bond acceptors (Lipinski definition) is 2. The predicted octanol–water partition coefficient (Wildman–Crippen LogP) is 5.96. The van der Waals surface area contributed by atoms with Crippen LogP contribution in [-0.4, -0.2) is 11.6 Å². The van der Waals surface area contributed by atoms with E-state index in [1.165, 1.54) is 0 Å². The first-order chi connectivity index (χ1) is 15.2. The van der Waals surface area contributed by atoms with Crippen molar-refractivity contribution in [3.8, 4) is 11.1 Å². The van der Waals surface area contributed by atoms with Crippen LogP contribution >= 0.6 is 0 Å². The molecule has 2 unspecified atom stereocenters. The minimum Gasteiger partial charge on any atom is -0.294 e. The van der Waals surface area contributed by atoms with Crippen LogP contribution in [0.4, 0.5) is 0 Å². The van der Waals surface area contributed by atoms with Crippen LogP contribution < -0.4 is 0 Å². The van der Waals surface area contributed by atoms with E-state index in [1.54, 1.807) is 0 Å². The average molecular weight is 400 g/mol. The van der Waals surface area contributed by atoms with Crippen LogP contribution in [-0.2, 0) is 5.41 Å². The van der Waals surface area contributed by atoms with Crippen molar-refractivity contribution in [3.05, 3.63) is 131 Å². The highest BCUT2D eigenvalue weighted by molar-refractivity contribution is 6.13. The Morgan fingerprint density at radius 3 is 1.26 bits per heavy atom. The second kappa shape index (κ2) is 6.61. The normalized spacial score (nSPS) is 19.5. The van der Waals surface area contributed by atoms with Crippen LogP contribution in [0.2, 0.25) is 0 Å². The molecule has 2 aliphatic carbocycles. The number of ketones is 2. The Labute approximate surface area is 181 Å². The van der Waals surface area contributed by atoms with Crippen LogP contribution in [0, 0.1) is 11.8 Å². The third kappa shape index (κ3) is 2.39. The molecule has 2 aliphatic rings. The molecule has 2 atom stereocenters. The molecule has 0 heterocycles. The minimum absolute atomic E-state index is 0.0430. The lowest BCUT2D eigenvalue weighted by atomic mass is 9.86. The number of hydrogen-bond donors (Lipinski definition) is 0. The molecule has 1 fully saturated rings. The van der Waals surface area contributed by atoms with Gasteiger partial charge in [-0.15, -0.1) is 0 Å². The highest BCUT2D eigenvalue weighted by Crippen LogP contribution is 2.71. The van der Waals surface area contributed by atoms with Gasteiger partial charge in [-0.2, -0.15) is 0 Å². The Morgan fingerprint density at radius 2 is 0.839 bits per heavy atom. The highest BCUT2D eigenvalue weighted by Gasteiger charge is 2.74. The van der Waals surface area contributed by atoms with Crippen LogP contribution in [0.25, 0.3) is 11.1 Å². The van der Waals surface area contributed by atoms with Crippen molar-refractivity contribution in [2.75, 3.05) is 0 Å². The standard InChI is InChI=1S/C29H20O2/c30-27(19-11-3-1-4-12-19)25-26(28(31)20-13-5-2-6-14-20)29(25)23-17-9-7-15-21(23)22-16-8-10-18-24(22)29/h1-18,25-26H. The summed E-state index contributed by atoms with van der Waals surface area (Å²) in [5, 5.41) is 0. The van der Waals surface area contributed by atoms with Crippen molar-refractivity contribution in [2.24, 2.45) is 11.8 Å². The number of carbonyl (C=O) groups is 2. The summed E-state index contributed by atoms with van der Waals surface area (Å²) in [6.07, 6.45) is 0. The van der Waals surface area contributed by atoms with Crippen LogP contribution in [0.1, 0.15) is 31.8 Å². The van der Waals surface area contributed by atoms with Gasteiger partial charge in [-0.3, -0.25) is 9.59 Å². The molecule has 0 bridgehead atoms. The fraction of sp³-hybridized carbons (Fsp3) is 0.103. The second-order valence-electron chi connectivity index (χ2n) is 8.38. The number of fused-ring (bicyclic) bond motifs is 5. The van der Waals surface area contributed by atoms with E-state index in [4.69, 9.17) is 0 Å². The van der Waals surface area contributed by atoms with Crippen LogP contribution in [0.5, 0.6) is 0 Å². The number of rotatable bonds is 4. The van der Waals surface area contributed by atoms with Gasteiger partial charge >= 0.3 is 0 Å². The molecule has 0 aliphatic heterocycles. The predicted molar refractivity (Wildman–Crippen MR) is 121 cm³/mol. The SMILES string of the molecule is O=C(c1ccccc1)C1C(C(=O)c2ccccc2)C12c1ccccc1-c1ccccc12. The maximum Gasteiger partial charge on any atom is 0.167 e. The average Bonchev–Trinajstić information content (AvgIpc) is 3.46. The van der Waals surface area contributed by atoms with Gasteiger partial charge in [0.05, 0.1) is 0 Å². The lowest BCUT2D eigenvalue weighted by molar-refractivity contribution is 0.0906. The maximum absolute atomic E-state index is 13.8. The van der Waals surface area contributed by atoms with Crippen molar-refractivity contribution in [2.45, 2.75) is 5.41 Å². The number of benzene rings is 4. The van der Waals surface area contributed by atoms with E-state index in [0.29, 0.717) is 11.1 Å². The molecule has 31 heavy (non-hydrogen) atoms. The first kappa shape index (κ1) is 18.0. The largest absolute Gasteiger partial charge is 0.294 e. The van der Waals surface area contributed by atoms with Gasteiger partial charge in [0.1, 0.15) is 0 Å². The molecule has 0 saturated heterocycles. The summed E-state index contributed by atoms with van der Waals surface area (Å²) < 4.78 is 0. The molecule has 0 N–H and O–H groups in total. The van der Waals surface area contributed by atoms with E-state index in [0.717, 1.165) is 22.3 Å². The van der Waals surface area contributed by atoms with Gasteiger partial charge in [-0.25, -0.2) is 0 Å². The Balaban J connectivity index is 1.58. The van der Waals surface area contributed by atoms with Crippen molar-refractivity contribution >= 4 is 11.6 Å². The van der Waals surface area contributed by atoms with Crippen molar-refractivity contribution in [3.63, 3.8) is 0 Å². The van der Waals surface area contributed by atoms with Crippen molar-refractivity contribution < 1.29 is 9.59 Å². The van der Waals surface area contributed by atoms with Crippen LogP contribution in [0.15, 0.2) is 109 Å². The minimum atomic E-state index is -0.604. The molecule has 4 aromatic carbocycles. The van der Waals surface area contributed by atoms with Gasteiger partial charge in [-0.05, 0) is 22.3 Å². The third-order valence-corrected chi connectivity index (χ3v) is 6.92. The maximum atomic E-state index is 13.8. The molecular weight excluding hydrogens is 380 g/mol. The van der Waals surface area contributed by atoms with E-state index in [1.807, 2.05) is 84.9 Å². The number of Topliss-reactive ketones (excluding diaryl/α,β-unsaturated/α-hetero) is 2. The fourth-order valence-electron chi connectivity index (χ4n) is 5.64. The van der Waals surface area contributed by atoms with Gasteiger partial charge in [-0.1, -0.05) is 109 Å². The third-order valence-electron chi connectivity index (χ3n) is 6.92. The van der Waals surface area contributed by atoms with Gasteiger partial charge in [0, 0.05) is 28.4 Å². The van der Waals surface area contributed by atoms with Crippen molar-refractivity contribution in [1.82, 2.24) is 0 Å². The van der Waals surface area contributed by atoms with Gasteiger partial charge in [0.25, 0.3) is 0 Å². The van der Waals surface area contributed by atoms with Crippen LogP contribution in [0.3, 0.4) is 0 Å². The molecule has 0 amide bonds. The highest BCUT2D eigenvalue weighted by atomic mass is 16.1. The summed E-state index contributed by atoms with van der Waals surface area (Å²) in [6.45, 7) is 0. The lowest BCUT2D eigenvalue weighted by Crippen LogP contribution is -2.16. The Bertz CT molecular complexity index is 1220. The summed E-state index contributed by atoms with van der Waals surface area (Å²) in [5.41, 5.74) is 5.18. The zero-order valence-corrected chi connectivity index (χ0v) is 16.9. The Kier molecular flexibility index (Phi) is 3.85. The summed E-state index contributed by atoms with van der Waals surface area (Å²) in [6, 6.07) is 35.2. The van der Waals surface area contributed by atoms with E-state index in [-0.39, 0.29) is 11.6 Å². The van der Waals surface area contributed by atoms with Gasteiger partial charge in [0.2, 0.25) is 0 Å². The first-order valence-corrected chi connectivity index (χ1v) is 10.6. The number of carbonyl (C=O) groups excluding carboxylic acids is 2. The van der Waals surface area contributed by atoms with E-state index >= 15 is 0 Å². The molecule has 1 spiro atoms. The molecule has 1 saturated carbocycles. The van der Waals surface area contributed by atoms with Crippen molar-refractivity contribution in [1.29, 1.82) is 0 Å². The summed E-state index contributed by atoms with van der Waals surface area (Å²) in [4.78, 5) is 27.6. The zero-order chi connectivity index (χ0) is 21.0. The van der Waals surface area contributed by atoms with E-state index in [9.17, 15) is 9.59 Å². The zero-order valence-electron chi connectivity index (χ0n) is 16.9. The van der Waals surface area contributed by atoms with Gasteiger partial charge in [0.15, 0.2) is 11.6 Å².